The largest absolute Gasteiger partial charge is 0.330 e. The van der Waals surface area contributed by atoms with Gasteiger partial charge in [-0.2, -0.15) is 0 Å². The Balaban J connectivity index is 2.63. The van der Waals surface area contributed by atoms with Crippen molar-refractivity contribution in [1.82, 2.24) is 20.2 Å². The van der Waals surface area contributed by atoms with E-state index in [4.69, 9.17) is 5.73 Å². The van der Waals surface area contributed by atoms with Crippen LogP contribution in [0.1, 0.15) is 19.2 Å². The van der Waals surface area contributed by atoms with Gasteiger partial charge in [0.1, 0.15) is 6.54 Å². The van der Waals surface area contributed by atoms with Gasteiger partial charge in [-0.05, 0) is 23.4 Å². The Morgan fingerprint density at radius 1 is 1.50 bits per heavy atom. The maximum Gasteiger partial charge on any atom is 0.264 e. The van der Waals surface area contributed by atoms with E-state index in [0.29, 0.717) is 25.2 Å². The van der Waals surface area contributed by atoms with Crippen LogP contribution in [0, 0.1) is 0 Å². The summed E-state index contributed by atoms with van der Waals surface area (Å²) in [5.41, 5.74) is 5.30. The molecule has 0 radical (unpaired) electrons. The van der Waals surface area contributed by atoms with E-state index in [0.717, 1.165) is 11.6 Å². The minimum atomic E-state index is -2.80. The van der Waals surface area contributed by atoms with E-state index >= 15 is 0 Å². The van der Waals surface area contributed by atoms with Gasteiger partial charge in [-0.3, -0.25) is 0 Å². The molecule has 0 saturated carbocycles. The molecular formula is C7H13F2N5. The summed E-state index contributed by atoms with van der Waals surface area (Å²) in [6, 6.07) is 0. The third kappa shape index (κ3) is 3.33. The van der Waals surface area contributed by atoms with Crippen molar-refractivity contribution in [3.8, 4) is 0 Å². The average Bonchev–Trinajstić information content (AvgIpc) is 2.45. The third-order valence-corrected chi connectivity index (χ3v) is 1.64. The maximum absolute atomic E-state index is 12.6. The van der Waals surface area contributed by atoms with Crippen LogP contribution in [0.4, 0.5) is 8.78 Å². The molecule has 0 unspecified atom stereocenters. The minimum absolute atomic E-state index is 0.456. The summed E-state index contributed by atoms with van der Waals surface area (Å²) < 4.78 is 26.4. The molecule has 1 rings (SSSR count). The minimum Gasteiger partial charge on any atom is -0.330 e. The summed E-state index contributed by atoms with van der Waals surface area (Å²) in [6.07, 6.45) is 1.22. The summed E-state index contributed by atoms with van der Waals surface area (Å²) in [4.78, 5) is 0. The Morgan fingerprint density at radius 2 is 2.21 bits per heavy atom. The smallest absolute Gasteiger partial charge is 0.264 e. The fraction of sp³-hybridized carbons (Fsp3) is 0.857. The number of aromatic nitrogens is 4. The van der Waals surface area contributed by atoms with Crippen molar-refractivity contribution in [2.45, 2.75) is 32.2 Å². The highest BCUT2D eigenvalue weighted by Crippen LogP contribution is 2.14. The van der Waals surface area contributed by atoms with Crippen molar-refractivity contribution in [1.29, 1.82) is 0 Å². The maximum atomic E-state index is 12.6. The van der Waals surface area contributed by atoms with Gasteiger partial charge in [-0.15, -0.1) is 5.10 Å². The predicted molar refractivity (Wildman–Crippen MR) is 45.8 cm³/mol. The molecule has 0 aliphatic rings. The van der Waals surface area contributed by atoms with Crippen LogP contribution in [-0.2, 0) is 13.0 Å². The SMILES string of the molecule is CC(F)(F)Cn1nnnc1CCCN. The van der Waals surface area contributed by atoms with Crippen LogP contribution in [-0.4, -0.2) is 32.7 Å². The molecular weight excluding hydrogens is 192 g/mol. The predicted octanol–water partition coefficient (Wildman–Crippen LogP) is 0.220. The van der Waals surface area contributed by atoms with Gasteiger partial charge in [0.05, 0.1) is 0 Å². The summed E-state index contributed by atoms with van der Waals surface area (Å²) in [5, 5.41) is 10.5. The third-order valence-electron chi connectivity index (χ3n) is 1.64. The van der Waals surface area contributed by atoms with Gasteiger partial charge in [0.2, 0.25) is 0 Å². The van der Waals surface area contributed by atoms with Gasteiger partial charge in [-0.25, -0.2) is 13.5 Å². The summed E-state index contributed by atoms with van der Waals surface area (Å²) in [5.74, 6) is -2.34. The number of hydrogen-bond donors (Lipinski definition) is 1. The van der Waals surface area contributed by atoms with Crippen LogP contribution in [0.2, 0.25) is 0 Å². The Bertz CT molecular complexity index is 280. The van der Waals surface area contributed by atoms with Crippen molar-refractivity contribution < 1.29 is 8.78 Å². The molecule has 0 fully saturated rings. The quantitative estimate of drug-likeness (QED) is 0.746. The first kappa shape index (κ1) is 11.0. The zero-order chi connectivity index (χ0) is 10.6. The van der Waals surface area contributed by atoms with Crippen molar-refractivity contribution in [3.63, 3.8) is 0 Å². The molecule has 80 valence electrons. The average molecular weight is 205 g/mol. The Hall–Kier alpha value is -1.11. The summed E-state index contributed by atoms with van der Waals surface area (Å²) in [7, 11) is 0. The molecule has 2 N–H and O–H groups in total. The molecule has 5 nitrogen and oxygen atoms in total. The lowest BCUT2D eigenvalue weighted by atomic mass is 10.3. The molecule has 0 bridgehead atoms. The van der Waals surface area contributed by atoms with Crippen LogP contribution in [0.25, 0.3) is 0 Å². The number of hydrogen-bond acceptors (Lipinski definition) is 4. The molecule has 14 heavy (non-hydrogen) atoms. The van der Waals surface area contributed by atoms with Gasteiger partial charge in [-0.1, -0.05) is 0 Å². The molecule has 0 amide bonds. The topological polar surface area (TPSA) is 69.6 Å². The zero-order valence-corrected chi connectivity index (χ0v) is 7.95. The molecule has 0 aromatic carbocycles. The molecule has 1 aromatic heterocycles. The van der Waals surface area contributed by atoms with E-state index in [9.17, 15) is 8.78 Å². The number of nitrogens with two attached hydrogens (primary N) is 1. The van der Waals surface area contributed by atoms with E-state index in [2.05, 4.69) is 15.5 Å². The monoisotopic (exact) mass is 205 g/mol. The van der Waals surface area contributed by atoms with Gasteiger partial charge < -0.3 is 5.73 Å². The number of halogens is 2. The van der Waals surface area contributed by atoms with Crippen LogP contribution in [0.15, 0.2) is 0 Å². The lowest BCUT2D eigenvalue weighted by Gasteiger charge is -2.10. The van der Waals surface area contributed by atoms with E-state index in [1.807, 2.05) is 0 Å². The first-order valence-electron chi connectivity index (χ1n) is 4.36. The first-order valence-corrected chi connectivity index (χ1v) is 4.36. The fourth-order valence-electron chi connectivity index (χ4n) is 1.05. The molecule has 0 atom stereocenters. The number of aryl methyl sites for hydroxylation is 1. The Kier molecular flexibility index (Phi) is 3.45. The molecule has 1 heterocycles. The first-order chi connectivity index (χ1) is 6.53. The van der Waals surface area contributed by atoms with Crippen molar-refractivity contribution in [3.05, 3.63) is 5.82 Å². The van der Waals surface area contributed by atoms with Crippen LogP contribution >= 0.6 is 0 Å². The second kappa shape index (κ2) is 4.41. The van der Waals surface area contributed by atoms with Crippen LogP contribution < -0.4 is 5.73 Å². The standard InChI is InChI=1S/C7H13F2N5/c1-7(8,9)5-14-6(3-2-4-10)11-12-13-14/h2-5,10H2,1H3. The molecule has 0 saturated heterocycles. The molecule has 0 aliphatic carbocycles. The second-order valence-electron chi connectivity index (χ2n) is 3.22. The van der Waals surface area contributed by atoms with E-state index in [-0.39, 0.29) is 0 Å². The lowest BCUT2D eigenvalue weighted by molar-refractivity contribution is -0.000771. The Morgan fingerprint density at radius 3 is 2.79 bits per heavy atom. The fourth-order valence-corrected chi connectivity index (χ4v) is 1.05. The van der Waals surface area contributed by atoms with Gasteiger partial charge in [0.25, 0.3) is 5.92 Å². The van der Waals surface area contributed by atoms with Gasteiger partial charge in [0.15, 0.2) is 5.82 Å². The summed E-state index contributed by atoms with van der Waals surface area (Å²) in [6.45, 7) is 0.844. The van der Waals surface area contributed by atoms with Gasteiger partial charge >= 0.3 is 0 Å². The second-order valence-corrected chi connectivity index (χ2v) is 3.22. The molecule has 1 aromatic rings. The molecule has 7 heteroatoms. The van der Waals surface area contributed by atoms with E-state index in [1.165, 1.54) is 0 Å². The number of alkyl halides is 2. The lowest BCUT2D eigenvalue weighted by Crippen LogP contribution is -2.22. The highest BCUT2D eigenvalue weighted by molar-refractivity contribution is 4.82. The van der Waals surface area contributed by atoms with Crippen LogP contribution in [0.3, 0.4) is 0 Å². The Labute approximate surface area is 80.3 Å². The number of rotatable bonds is 5. The van der Waals surface area contributed by atoms with Crippen molar-refractivity contribution >= 4 is 0 Å². The highest BCUT2D eigenvalue weighted by atomic mass is 19.3. The number of nitrogens with zero attached hydrogens (tertiary/aromatic N) is 4. The molecule has 0 aliphatic heterocycles. The molecule has 0 spiro atoms. The number of tetrazole rings is 1. The normalized spacial score (nSPS) is 12.0. The van der Waals surface area contributed by atoms with Crippen molar-refractivity contribution in [2.24, 2.45) is 5.73 Å². The summed E-state index contributed by atoms with van der Waals surface area (Å²) >= 11 is 0. The van der Waals surface area contributed by atoms with E-state index < -0.39 is 12.5 Å². The van der Waals surface area contributed by atoms with Crippen LogP contribution in [0.5, 0.6) is 0 Å². The van der Waals surface area contributed by atoms with Crippen molar-refractivity contribution in [2.75, 3.05) is 6.54 Å². The van der Waals surface area contributed by atoms with Gasteiger partial charge in [0, 0.05) is 13.3 Å². The highest BCUT2D eigenvalue weighted by Gasteiger charge is 2.24. The zero-order valence-electron chi connectivity index (χ0n) is 7.95. The van der Waals surface area contributed by atoms with E-state index in [1.54, 1.807) is 0 Å².